The van der Waals surface area contributed by atoms with Gasteiger partial charge in [-0.2, -0.15) is 0 Å². The van der Waals surface area contributed by atoms with Crippen LogP contribution < -0.4 is 11.1 Å². The molecule has 0 fully saturated rings. The molecule has 0 aliphatic carbocycles. The first-order chi connectivity index (χ1) is 7.00. The molecule has 0 heterocycles. The van der Waals surface area contributed by atoms with Crippen molar-refractivity contribution in [2.24, 2.45) is 5.73 Å². The summed E-state index contributed by atoms with van der Waals surface area (Å²) in [6.07, 6.45) is 0.738. The Balaban J connectivity index is 2.69. The minimum absolute atomic E-state index is 0.559. The van der Waals surface area contributed by atoms with Crippen molar-refractivity contribution >= 4 is 22.9 Å². The van der Waals surface area contributed by atoms with Crippen LogP contribution in [-0.2, 0) is 0 Å². The van der Waals surface area contributed by atoms with Crippen LogP contribution in [0.3, 0.4) is 0 Å². The zero-order chi connectivity index (χ0) is 11.4. The average Bonchev–Trinajstić information content (AvgIpc) is 2.13. The third-order valence-corrected chi connectivity index (χ3v) is 2.73. The van der Waals surface area contributed by atoms with E-state index < -0.39 is 0 Å². The minimum atomic E-state index is 0.559. The van der Waals surface area contributed by atoms with Crippen molar-refractivity contribution < 1.29 is 0 Å². The maximum absolute atomic E-state index is 5.44. The number of thiocarbonyl (C=S) groups is 1. The largest absolute Gasteiger partial charge is 0.393 e. The SMILES string of the molecule is Cc1cc(C)c(NCCC(N)=S)cc1C. The molecule has 0 atom stereocenters. The molecule has 0 bridgehead atoms. The van der Waals surface area contributed by atoms with Gasteiger partial charge in [0.05, 0.1) is 4.99 Å². The highest BCUT2D eigenvalue weighted by molar-refractivity contribution is 7.80. The van der Waals surface area contributed by atoms with Crippen molar-refractivity contribution in [1.29, 1.82) is 0 Å². The maximum atomic E-state index is 5.44. The molecule has 2 nitrogen and oxygen atoms in total. The van der Waals surface area contributed by atoms with Crippen molar-refractivity contribution in [2.45, 2.75) is 27.2 Å². The van der Waals surface area contributed by atoms with E-state index in [0.717, 1.165) is 13.0 Å². The molecule has 0 aliphatic rings. The Kier molecular flexibility index (Phi) is 4.09. The first-order valence-corrected chi connectivity index (χ1v) is 5.51. The summed E-state index contributed by atoms with van der Waals surface area (Å²) in [4.78, 5) is 0.559. The monoisotopic (exact) mass is 222 g/mol. The summed E-state index contributed by atoms with van der Waals surface area (Å²) < 4.78 is 0. The van der Waals surface area contributed by atoms with Gasteiger partial charge in [-0.05, 0) is 43.5 Å². The Bertz CT molecular complexity index is 372. The van der Waals surface area contributed by atoms with Gasteiger partial charge in [0.1, 0.15) is 0 Å². The molecule has 15 heavy (non-hydrogen) atoms. The van der Waals surface area contributed by atoms with E-state index in [-0.39, 0.29) is 0 Å². The van der Waals surface area contributed by atoms with Crippen molar-refractivity contribution in [2.75, 3.05) is 11.9 Å². The van der Waals surface area contributed by atoms with Crippen LogP contribution in [0.1, 0.15) is 23.1 Å². The molecule has 3 N–H and O–H groups in total. The van der Waals surface area contributed by atoms with Crippen molar-refractivity contribution in [3.8, 4) is 0 Å². The second-order valence-electron chi connectivity index (χ2n) is 3.89. The standard InChI is InChI=1S/C12H18N2S/c1-8-6-10(3)11(7-9(8)2)14-5-4-12(13)15/h6-7,14H,4-5H2,1-3H3,(H2,13,15). The number of nitrogens with two attached hydrogens (primary N) is 1. The third kappa shape index (κ3) is 3.51. The summed E-state index contributed by atoms with van der Waals surface area (Å²) in [5, 5.41) is 3.34. The van der Waals surface area contributed by atoms with Gasteiger partial charge >= 0.3 is 0 Å². The number of hydrogen-bond donors (Lipinski definition) is 2. The maximum Gasteiger partial charge on any atom is 0.0745 e. The van der Waals surface area contributed by atoms with E-state index in [1.165, 1.54) is 22.4 Å². The molecule has 1 aromatic carbocycles. The number of aryl methyl sites for hydroxylation is 3. The number of rotatable bonds is 4. The Morgan fingerprint density at radius 2 is 1.80 bits per heavy atom. The van der Waals surface area contributed by atoms with E-state index in [1.54, 1.807) is 0 Å². The molecule has 0 aliphatic heterocycles. The molecule has 1 rings (SSSR count). The number of nitrogens with one attached hydrogen (secondary N) is 1. The highest BCUT2D eigenvalue weighted by Gasteiger charge is 2.01. The molecular weight excluding hydrogens is 204 g/mol. The van der Waals surface area contributed by atoms with Gasteiger partial charge in [0.25, 0.3) is 0 Å². The fraction of sp³-hybridized carbons (Fsp3) is 0.417. The Hall–Kier alpha value is -1.09. The van der Waals surface area contributed by atoms with Crippen molar-refractivity contribution in [1.82, 2.24) is 0 Å². The fourth-order valence-electron chi connectivity index (χ4n) is 1.47. The van der Waals surface area contributed by atoms with E-state index >= 15 is 0 Å². The van der Waals surface area contributed by atoms with Gasteiger partial charge in [0, 0.05) is 18.7 Å². The van der Waals surface area contributed by atoms with Crippen LogP contribution in [0.4, 0.5) is 5.69 Å². The number of benzene rings is 1. The van der Waals surface area contributed by atoms with E-state index in [2.05, 4.69) is 38.2 Å². The lowest BCUT2D eigenvalue weighted by molar-refractivity contribution is 1.10. The zero-order valence-electron chi connectivity index (χ0n) is 9.55. The van der Waals surface area contributed by atoms with Crippen LogP contribution in [0.2, 0.25) is 0 Å². The van der Waals surface area contributed by atoms with Gasteiger partial charge in [0.15, 0.2) is 0 Å². The lowest BCUT2D eigenvalue weighted by Gasteiger charge is -2.11. The van der Waals surface area contributed by atoms with Crippen LogP contribution in [0.15, 0.2) is 12.1 Å². The van der Waals surface area contributed by atoms with E-state index in [0.29, 0.717) is 4.99 Å². The average molecular weight is 222 g/mol. The first-order valence-electron chi connectivity index (χ1n) is 5.10. The molecule has 0 unspecified atom stereocenters. The second kappa shape index (κ2) is 5.12. The predicted octanol–water partition coefficient (Wildman–Crippen LogP) is 2.70. The summed E-state index contributed by atoms with van der Waals surface area (Å²) in [6, 6.07) is 4.36. The van der Waals surface area contributed by atoms with E-state index in [9.17, 15) is 0 Å². The Morgan fingerprint density at radius 1 is 1.20 bits per heavy atom. The molecule has 3 heteroatoms. The summed E-state index contributed by atoms with van der Waals surface area (Å²) in [6.45, 7) is 7.16. The van der Waals surface area contributed by atoms with Gasteiger partial charge in [-0.1, -0.05) is 18.3 Å². The highest BCUT2D eigenvalue weighted by atomic mass is 32.1. The zero-order valence-corrected chi connectivity index (χ0v) is 10.4. The molecule has 1 aromatic rings. The summed E-state index contributed by atoms with van der Waals surface area (Å²) in [7, 11) is 0. The van der Waals surface area contributed by atoms with Crippen LogP contribution >= 0.6 is 12.2 Å². The summed E-state index contributed by atoms with van der Waals surface area (Å²) in [5.41, 5.74) is 10.5. The molecule has 0 saturated heterocycles. The lowest BCUT2D eigenvalue weighted by Crippen LogP contribution is -2.14. The van der Waals surface area contributed by atoms with Gasteiger partial charge in [-0.3, -0.25) is 0 Å². The number of anilines is 1. The van der Waals surface area contributed by atoms with E-state index in [4.69, 9.17) is 18.0 Å². The van der Waals surface area contributed by atoms with Gasteiger partial charge < -0.3 is 11.1 Å². The topological polar surface area (TPSA) is 38.0 Å². The smallest absolute Gasteiger partial charge is 0.0745 e. The number of hydrogen-bond acceptors (Lipinski definition) is 2. The first kappa shape index (κ1) is 12.0. The second-order valence-corrected chi connectivity index (χ2v) is 4.42. The third-order valence-electron chi connectivity index (χ3n) is 2.53. The molecule has 0 saturated carbocycles. The molecule has 0 radical (unpaired) electrons. The van der Waals surface area contributed by atoms with Crippen molar-refractivity contribution in [3.63, 3.8) is 0 Å². The van der Waals surface area contributed by atoms with Crippen LogP contribution in [0, 0.1) is 20.8 Å². The summed E-state index contributed by atoms with van der Waals surface area (Å²) in [5.74, 6) is 0. The molecule has 0 spiro atoms. The Labute approximate surface area is 96.9 Å². The van der Waals surface area contributed by atoms with Gasteiger partial charge in [-0.25, -0.2) is 0 Å². The van der Waals surface area contributed by atoms with Crippen LogP contribution in [-0.4, -0.2) is 11.5 Å². The molecule has 0 amide bonds. The summed E-state index contributed by atoms with van der Waals surface area (Å²) >= 11 is 4.83. The molecular formula is C12H18N2S. The van der Waals surface area contributed by atoms with Crippen molar-refractivity contribution in [3.05, 3.63) is 28.8 Å². The molecule has 0 aromatic heterocycles. The molecule has 82 valence electrons. The Morgan fingerprint density at radius 3 is 2.40 bits per heavy atom. The van der Waals surface area contributed by atoms with Crippen LogP contribution in [0.5, 0.6) is 0 Å². The lowest BCUT2D eigenvalue weighted by atomic mass is 10.0. The minimum Gasteiger partial charge on any atom is -0.393 e. The van der Waals surface area contributed by atoms with Gasteiger partial charge in [0.2, 0.25) is 0 Å². The highest BCUT2D eigenvalue weighted by Crippen LogP contribution is 2.19. The predicted molar refractivity (Wildman–Crippen MR) is 70.5 cm³/mol. The normalized spacial score (nSPS) is 10.1. The fourth-order valence-corrected chi connectivity index (χ4v) is 1.57. The van der Waals surface area contributed by atoms with Crippen LogP contribution in [0.25, 0.3) is 0 Å². The van der Waals surface area contributed by atoms with E-state index in [1.807, 2.05) is 0 Å². The van der Waals surface area contributed by atoms with Gasteiger partial charge in [-0.15, -0.1) is 0 Å². The quantitative estimate of drug-likeness (QED) is 0.769.